The number of nitrogens with one attached hydrogen (secondary N) is 1. The maximum absolute atomic E-state index is 6.03. The normalized spacial score (nSPS) is 19.9. The van der Waals surface area contributed by atoms with E-state index in [9.17, 15) is 0 Å². The molecule has 0 unspecified atom stereocenters. The third-order valence-electron chi connectivity index (χ3n) is 2.88. The first-order valence-electron chi connectivity index (χ1n) is 5.36. The van der Waals surface area contributed by atoms with Gasteiger partial charge in [0, 0.05) is 24.6 Å². The number of halogens is 1. The van der Waals surface area contributed by atoms with Crippen LogP contribution < -0.4 is 5.32 Å². The Morgan fingerprint density at radius 3 is 2.81 bits per heavy atom. The van der Waals surface area contributed by atoms with Crippen LogP contribution in [0.1, 0.15) is 18.7 Å². The second kappa shape index (κ2) is 5.07. The van der Waals surface area contributed by atoms with E-state index in [1.54, 1.807) is 7.05 Å². The molecule has 7 heteroatoms. The van der Waals surface area contributed by atoms with Gasteiger partial charge in [-0.1, -0.05) is 0 Å². The van der Waals surface area contributed by atoms with Gasteiger partial charge < -0.3 is 10.1 Å². The minimum absolute atomic E-state index is 0.0427. The number of aromatic nitrogens is 4. The maximum Gasteiger partial charge on any atom is 0.188 e. The summed E-state index contributed by atoms with van der Waals surface area (Å²) in [6, 6.07) is 0. The van der Waals surface area contributed by atoms with E-state index < -0.39 is 0 Å². The smallest absolute Gasteiger partial charge is 0.188 e. The van der Waals surface area contributed by atoms with Gasteiger partial charge in [0.25, 0.3) is 0 Å². The number of aryl methyl sites for hydroxylation is 1. The van der Waals surface area contributed by atoms with Crippen molar-refractivity contribution in [2.24, 2.45) is 7.05 Å². The Balaban J connectivity index is 1.91. The van der Waals surface area contributed by atoms with Crippen molar-refractivity contribution in [2.45, 2.75) is 24.9 Å². The summed E-state index contributed by atoms with van der Waals surface area (Å²) in [5.74, 6) is 1.27. The minimum Gasteiger partial charge on any atom is -0.381 e. The molecular weight excluding hydrogens is 230 g/mol. The second-order valence-corrected chi connectivity index (χ2v) is 4.34. The number of hydrogen-bond donors (Lipinski definition) is 1. The molecule has 2 heterocycles. The van der Waals surface area contributed by atoms with Crippen molar-refractivity contribution < 1.29 is 4.74 Å². The van der Waals surface area contributed by atoms with E-state index in [1.165, 1.54) is 4.80 Å². The Morgan fingerprint density at radius 1 is 1.50 bits per heavy atom. The summed E-state index contributed by atoms with van der Waals surface area (Å²) < 4.78 is 5.34. The van der Waals surface area contributed by atoms with E-state index in [-0.39, 0.29) is 5.54 Å². The van der Waals surface area contributed by atoms with Gasteiger partial charge in [-0.2, -0.15) is 4.80 Å². The Labute approximate surface area is 99.3 Å². The Bertz CT molecular complexity index is 336. The van der Waals surface area contributed by atoms with Gasteiger partial charge in [-0.3, -0.25) is 0 Å². The molecule has 0 aromatic carbocycles. The highest BCUT2D eigenvalue weighted by atomic mass is 35.5. The fourth-order valence-corrected chi connectivity index (χ4v) is 2.14. The van der Waals surface area contributed by atoms with Gasteiger partial charge in [-0.05, 0) is 18.1 Å². The number of rotatable bonds is 4. The average Bonchev–Trinajstić information content (AvgIpc) is 2.74. The van der Waals surface area contributed by atoms with E-state index in [0.29, 0.717) is 18.2 Å². The molecule has 1 saturated heterocycles. The summed E-state index contributed by atoms with van der Waals surface area (Å²) >= 11 is 6.03. The number of tetrazole rings is 1. The Morgan fingerprint density at radius 2 is 2.25 bits per heavy atom. The highest BCUT2D eigenvalue weighted by Gasteiger charge is 2.31. The summed E-state index contributed by atoms with van der Waals surface area (Å²) in [5, 5.41) is 15.3. The molecule has 0 atom stereocenters. The molecule has 2 rings (SSSR count). The molecule has 1 N–H and O–H groups in total. The summed E-state index contributed by atoms with van der Waals surface area (Å²) in [5.41, 5.74) is -0.0427. The van der Waals surface area contributed by atoms with E-state index in [4.69, 9.17) is 16.3 Å². The molecular formula is C9H16ClN5O. The molecule has 0 bridgehead atoms. The van der Waals surface area contributed by atoms with Crippen LogP contribution in [0.5, 0.6) is 0 Å². The molecule has 1 aliphatic heterocycles. The summed E-state index contributed by atoms with van der Waals surface area (Å²) in [4.78, 5) is 1.45. The molecule has 1 aromatic heterocycles. The van der Waals surface area contributed by atoms with Crippen LogP contribution in [0.4, 0.5) is 0 Å². The van der Waals surface area contributed by atoms with Crippen LogP contribution in [0.15, 0.2) is 0 Å². The highest BCUT2D eigenvalue weighted by Crippen LogP contribution is 2.22. The molecule has 16 heavy (non-hydrogen) atoms. The van der Waals surface area contributed by atoms with Gasteiger partial charge in [0.1, 0.15) is 0 Å². The number of nitrogens with zero attached hydrogens (tertiary/aromatic N) is 4. The lowest BCUT2D eigenvalue weighted by molar-refractivity contribution is 0.0456. The van der Waals surface area contributed by atoms with Crippen LogP contribution in [-0.2, 0) is 18.3 Å². The standard InChI is InChI=1S/C9H16ClN5O/c1-15-13-8(12-14-15)6-11-9(7-10)2-4-16-5-3-9/h11H,2-7H2,1H3. The third-order valence-corrected chi connectivity index (χ3v) is 3.39. The first kappa shape index (κ1) is 11.8. The van der Waals surface area contributed by atoms with Gasteiger partial charge >= 0.3 is 0 Å². The van der Waals surface area contributed by atoms with Crippen LogP contribution in [0, 0.1) is 0 Å². The second-order valence-electron chi connectivity index (χ2n) is 4.07. The SMILES string of the molecule is Cn1nnc(CNC2(CCl)CCOCC2)n1. The number of ether oxygens (including phenoxy) is 1. The van der Waals surface area contributed by atoms with Crippen LogP contribution in [0.2, 0.25) is 0 Å². The van der Waals surface area contributed by atoms with E-state index in [1.807, 2.05) is 0 Å². The first-order chi connectivity index (χ1) is 7.74. The van der Waals surface area contributed by atoms with E-state index in [0.717, 1.165) is 26.1 Å². The van der Waals surface area contributed by atoms with E-state index >= 15 is 0 Å². The maximum atomic E-state index is 6.03. The lowest BCUT2D eigenvalue weighted by atomic mass is 9.92. The van der Waals surface area contributed by atoms with Crippen molar-refractivity contribution in [1.82, 2.24) is 25.5 Å². The van der Waals surface area contributed by atoms with Gasteiger partial charge in [-0.25, -0.2) is 0 Å². The summed E-state index contributed by atoms with van der Waals surface area (Å²) in [7, 11) is 1.75. The lowest BCUT2D eigenvalue weighted by Gasteiger charge is -2.36. The molecule has 0 aliphatic carbocycles. The first-order valence-corrected chi connectivity index (χ1v) is 5.89. The third kappa shape index (κ3) is 2.69. The Hall–Kier alpha value is -0.720. The number of alkyl halides is 1. The molecule has 1 fully saturated rings. The minimum atomic E-state index is -0.0427. The highest BCUT2D eigenvalue weighted by molar-refractivity contribution is 6.18. The zero-order valence-electron chi connectivity index (χ0n) is 9.32. The van der Waals surface area contributed by atoms with Crippen molar-refractivity contribution in [2.75, 3.05) is 19.1 Å². The fraction of sp³-hybridized carbons (Fsp3) is 0.889. The summed E-state index contributed by atoms with van der Waals surface area (Å²) in [6.45, 7) is 2.11. The molecule has 1 aromatic rings. The van der Waals surface area contributed by atoms with Crippen LogP contribution in [0.25, 0.3) is 0 Å². The molecule has 6 nitrogen and oxygen atoms in total. The Kier molecular flexibility index (Phi) is 3.73. The van der Waals surface area contributed by atoms with Crippen molar-refractivity contribution in [3.8, 4) is 0 Å². The predicted octanol–water partition coefficient (Wildman–Crippen LogP) is 0.0877. The molecule has 1 aliphatic rings. The van der Waals surface area contributed by atoms with Crippen LogP contribution in [0.3, 0.4) is 0 Å². The lowest BCUT2D eigenvalue weighted by Crippen LogP contribution is -2.50. The average molecular weight is 246 g/mol. The predicted molar refractivity (Wildman–Crippen MR) is 59.1 cm³/mol. The largest absolute Gasteiger partial charge is 0.381 e. The quantitative estimate of drug-likeness (QED) is 0.762. The molecule has 0 saturated carbocycles. The number of hydrogen-bond acceptors (Lipinski definition) is 5. The summed E-state index contributed by atoms with van der Waals surface area (Å²) in [6.07, 6.45) is 1.85. The van der Waals surface area contributed by atoms with Gasteiger partial charge in [0.2, 0.25) is 0 Å². The van der Waals surface area contributed by atoms with Crippen molar-refractivity contribution >= 4 is 11.6 Å². The van der Waals surface area contributed by atoms with Crippen molar-refractivity contribution in [3.63, 3.8) is 0 Å². The van der Waals surface area contributed by atoms with Gasteiger partial charge in [0.15, 0.2) is 5.82 Å². The zero-order valence-corrected chi connectivity index (χ0v) is 10.1. The molecule has 0 amide bonds. The van der Waals surface area contributed by atoms with E-state index in [2.05, 4.69) is 20.7 Å². The fourth-order valence-electron chi connectivity index (χ4n) is 1.78. The van der Waals surface area contributed by atoms with Crippen LogP contribution >= 0.6 is 11.6 Å². The molecule has 0 radical (unpaired) electrons. The molecule has 90 valence electrons. The van der Waals surface area contributed by atoms with Crippen molar-refractivity contribution in [3.05, 3.63) is 5.82 Å². The topological polar surface area (TPSA) is 64.9 Å². The monoisotopic (exact) mass is 245 g/mol. The van der Waals surface area contributed by atoms with Crippen molar-refractivity contribution in [1.29, 1.82) is 0 Å². The molecule has 0 spiro atoms. The zero-order chi connectivity index (χ0) is 11.4. The van der Waals surface area contributed by atoms with Crippen LogP contribution in [-0.4, -0.2) is 44.8 Å². The van der Waals surface area contributed by atoms with Gasteiger partial charge in [0.05, 0.1) is 13.6 Å². The van der Waals surface area contributed by atoms with Gasteiger partial charge in [-0.15, -0.1) is 21.8 Å².